The van der Waals surface area contributed by atoms with E-state index in [1.165, 1.54) is 12.8 Å². The monoisotopic (exact) mass is 183 g/mol. The molecule has 74 valence electrons. The van der Waals surface area contributed by atoms with Gasteiger partial charge in [-0.3, -0.25) is 9.69 Å². The lowest BCUT2D eigenvalue weighted by Crippen LogP contribution is -2.34. The number of amides is 1. The zero-order valence-corrected chi connectivity index (χ0v) is 7.88. The Hall–Kier alpha value is -0.610. The molecule has 2 fully saturated rings. The lowest BCUT2D eigenvalue weighted by Gasteiger charge is -2.21. The average Bonchev–Trinajstić information content (AvgIpc) is 2.63. The first-order chi connectivity index (χ1) is 6.20. The molecule has 0 bridgehead atoms. The van der Waals surface area contributed by atoms with Crippen molar-refractivity contribution in [1.82, 2.24) is 10.2 Å². The molecule has 2 rings (SSSR count). The number of hydrogen-bond acceptors (Lipinski definition) is 3. The van der Waals surface area contributed by atoms with Crippen LogP contribution in [0.25, 0.3) is 0 Å². The minimum absolute atomic E-state index is 0.206. The summed E-state index contributed by atoms with van der Waals surface area (Å²) >= 11 is 0. The summed E-state index contributed by atoms with van der Waals surface area (Å²) in [6, 6.07) is 0. The van der Waals surface area contributed by atoms with E-state index in [1.807, 2.05) is 0 Å². The third kappa shape index (κ3) is 1.84. The predicted molar refractivity (Wildman–Crippen MR) is 50.2 cm³/mol. The number of carbonyl (C=O) groups is 1. The Morgan fingerprint density at radius 2 is 2.38 bits per heavy atom. The molecule has 1 spiro atoms. The van der Waals surface area contributed by atoms with Crippen molar-refractivity contribution in [2.75, 3.05) is 32.7 Å². The van der Waals surface area contributed by atoms with E-state index in [-0.39, 0.29) is 5.91 Å². The molecule has 2 heterocycles. The maximum Gasteiger partial charge on any atom is 0.231 e. The molecule has 0 unspecified atom stereocenters. The highest BCUT2D eigenvalue weighted by atomic mass is 16.1. The molecule has 4 heteroatoms. The van der Waals surface area contributed by atoms with Crippen LogP contribution in [-0.2, 0) is 4.79 Å². The summed E-state index contributed by atoms with van der Waals surface area (Å²) in [6.07, 6.45) is 2.47. The summed E-state index contributed by atoms with van der Waals surface area (Å²) in [5, 5.41) is 3.39. The average molecular weight is 183 g/mol. The summed E-state index contributed by atoms with van der Waals surface area (Å²) < 4.78 is 0. The molecule has 0 aromatic carbocycles. The van der Waals surface area contributed by atoms with Gasteiger partial charge in [-0.2, -0.15) is 0 Å². The lowest BCUT2D eigenvalue weighted by molar-refractivity contribution is -0.119. The van der Waals surface area contributed by atoms with E-state index in [1.54, 1.807) is 0 Å². The zero-order valence-electron chi connectivity index (χ0n) is 7.88. The molecule has 0 aliphatic carbocycles. The highest BCUT2D eigenvalue weighted by Crippen LogP contribution is 2.35. The molecule has 2 aliphatic rings. The topological polar surface area (TPSA) is 58.4 Å². The first-order valence-corrected chi connectivity index (χ1v) is 4.92. The number of rotatable bonds is 2. The molecule has 3 N–H and O–H groups in total. The van der Waals surface area contributed by atoms with E-state index in [2.05, 4.69) is 10.2 Å². The van der Waals surface area contributed by atoms with Crippen molar-refractivity contribution in [1.29, 1.82) is 0 Å². The molecule has 1 amide bonds. The fourth-order valence-electron chi connectivity index (χ4n) is 2.53. The van der Waals surface area contributed by atoms with Crippen LogP contribution in [0.15, 0.2) is 0 Å². The highest BCUT2D eigenvalue weighted by molar-refractivity contribution is 5.75. The number of nitrogens with two attached hydrogens (primary N) is 1. The second-order valence-corrected chi connectivity index (χ2v) is 4.35. The number of nitrogens with zero attached hydrogens (tertiary/aromatic N) is 1. The number of hydrogen-bond donors (Lipinski definition) is 2. The van der Waals surface area contributed by atoms with Gasteiger partial charge in [0.2, 0.25) is 5.91 Å². The summed E-state index contributed by atoms with van der Waals surface area (Å²) in [4.78, 5) is 12.9. The number of carbonyl (C=O) groups excluding carboxylic acids is 1. The predicted octanol–water partition coefficient (Wildman–Crippen LogP) is -0.843. The van der Waals surface area contributed by atoms with Gasteiger partial charge in [0.1, 0.15) is 0 Å². The highest BCUT2D eigenvalue weighted by Gasteiger charge is 2.40. The fraction of sp³-hybridized carbons (Fsp3) is 0.889. The van der Waals surface area contributed by atoms with Crippen molar-refractivity contribution in [3.63, 3.8) is 0 Å². The van der Waals surface area contributed by atoms with E-state index in [4.69, 9.17) is 5.73 Å². The lowest BCUT2D eigenvalue weighted by atomic mass is 9.87. The van der Waals surface area contributed by atoms with Crippen molar-refractivity contribution >= 4 is 5.91 Å². The van der Waals surface area contributed by atoms with Crippen molar-refractivity contribution in [3.05, 3.63) is 0 Å². The third-order valence-corrected chi connectivity index (χ3v) is 3.23. The first kappa shape index (κ1) is 8.97. The van der Waals surface area contributed by atoms with Gasteiger partial charge >= 0.3 is 0 Å². The van der Waals surface area contributed by atoms with Crippen LogP contribution in [0.4, 0.5) is 0 Å². The van der Waals surface area contributed by atoms with Crippen LogP contribution in [0.2, 0.25) is 0 Å². The van der Waals surface area contributed by atoms with E-state index < -0.39 is 0 Å². The van der Waals surface area contributed by atoms with Crippen LogP contribution < -0.4 is 11.1 Å². The summed E-state index contributed by atoms with van der Waals surface area (Å²) in [5.41, 5.74) is 5.62. The zero-order chi connectivity index (χ0) is 9.31. The molecule has 4 nitrogen and oxygen atoms in total. The van der Waals surface area contributed by atoms with Crippen LogP contribution in [0, 0.1) is 5.41 Å². The van der Waals surface area contributed by atoms with E-state index in [0.29, 0.717) is 12.0 Å². The number of primary amides is 1. The Morgan fingerprint density at radius 1 is 1.54 bits per heavy atom. The molecular weight excluding hydrogens is 166 g/mol. The number of likely N-dealkylation sites (tertiary alicyclic amines) is 1. The van der Waals surface area contributed by atoms with Crippen LogP contribution in [0.5, 0.6) is 0 Å². The van der Waals surface area contributed by atoms with Gasteiger partial charge in [-0.25, -0.2) is 0 Å². The Kier molecular flexibility index (Phi) is 2.26. The smallest absolute Gasteiger partial charge is 0.231 e. The SMILES string of the molecule is NC(=O)CN1CC[C@]2(CCNC2)C1. The minimum atomic E-state index is -0.206. The summed E-state index contributed by atoms with van der Waals surface area (Å²) in [7, 11) is 0. The molecule has 1 atom stereocenters. The Balaban J connectivity index is 1.89. The van der Waals surface area contributed by atoms with E-state index >= 15 is 0 Å². The van der Waals surface area contributed by atoms with Crippen molar-refractivity contribution in [3.8, 4) is 0 Å². The van der Waals surface area contributed by atoms with Gasteiger partial charge in [0.15, 0.2) is 0 Å². The van der Waals surface area contributed by atoms with Crippen LogP contribution in [0.1, 0.15) is 12.8 Å². The fourth-order valence-corrected chi connectivity index (χ4v) is 2.53. The second-order valence-electron chi connectivity index (χ2n) is 4.35. The summed E-state index contributed by atoms with van der Waals surface area (Å²) in [6.45, 7) is 4.75. The molecular formula is C9H17N3O. The molecule has 2 aliphatic heterocycles. The van der Waals surface area contributed by atoms with E-state index in [0.717, 1.165) is 26.2 Å². The van der Waals surface area contributed by atoms with Gasteiger partial charge in [-0.1, -0.05) is 0 Å². The van der Waals surface area contributed by atoms with Gasteiger partial charge < -0.3 is 11.1 Å². The van der Waals surface area contributed by atoms with Gasteiger partial charge in [0.25, 0.3) is 0 Å². The maximum absolute atomic E-state index is 10.7. The Labute approximate surface area is 78.5 Å². The number of nitrogens with one attached hydrogen (secondary N) is 1. The Morgan fingerprint density at radius 3 is 3.00 bits per heavy atom. The largest absolute Gasteiger partial charge is 0.369 e. The third-order valence-electron chi connectivity index (χ3n) is 3.23. The minimum Gasteiger partial charge on any atom is -0.369 e. The van der Waals surface area contributed by atoms with Crippen molar-refractivity contribution in [2.45, 2.75) is 12.8 Å². The van der Waals surface area contributed by atoms with Crippen molar-refractivity contribution < 1.29 is 4.79 Å². The second kappa shape index (κ2) is 3.27. The molecule has 0 aromatic heterocycles. The van der Waals surface area contributed by atoms with Crippen molar-refractivity contribution in [2.24, 2.45) is 11.1 Å². The molecule has 2 saturated heterocycles. The summed E-state index contributed by atoms with van der Waals surface area (Å²) in [5.74, 6) is -0.206. The Bertz CT molecular complexity index is 211. The molecule has 0 radical (unpaired) electrons. The van der Waals surface area contributed by atoms with Crippen LogP contribution >= 0.6 is 0 Å². The quantitative estimate of drug-likeness (QED) is 0.586. The standard InChI is InChI=1S/C9H17N3O/c10-8(13)5-12-4-2-9(7-12)1-3-11-6-9/h11H,1-7H2,(H2,10,13)/t9-/m0/s1. The molecule has 0 aromatic rings. The van der Waals surface area contributed by atoms with Crippen LogP contribution in [-0.4, -0.2) is 43.5 Å². The van der Waals surface area contributed by atoms with Gasteiger partial charge in [0.05, 0.1) is 6.54 Å². The van der Waals surface area contributed by atoms with Gasteiger partial charge in [-0.15, -0.1) is 0 Å². The molecule has 13 heavy (non-hydrogen) atoms. The van der Waals surface area contributed by atoms with E-state index in [9.17, 15) is 4.79 Å². The molecule has 0 saturated carbocycles. The van der Waals surface area contributed by atoms with Crippen LogP contribution in [0.3, 0.4) is 0 Å². The van der Waals surface area contributed by atoms with Gasteiger partial charge in [-0.05, 0) is 31.3 Å². The maximum atomic E-state index is 10.7. The van der Waals surface area contributed by atoms with Gasteiger partial charge in [0, 0.05) is 13.1 Å². The first-order valence-electron chi connectivity index (χ1n) is 4.92. The normalized spacial score (nSPS) is 34.5.